The number of hydrogen-bond donors (Lipinski definition) is 0. The van der Waals surface area contributed by atoms with Crippen molar-refractivity contribution in [2.24, 2.45) is 5.92 Å². The number of alkyl halides is 2. The van der Waals surface area contributed by atoms with Gasteiger partial charge in [0.05, 0.1) is 0 Å². The van der Waals surface area contributed by atoms with E-state index >= 15 is 8.78 Å². The quantitative estimate of drug-likeness (QED) is 0.618. The van der Waals surface area contributed by atoms with Crippen molar-refractivity contribution in [3.8, 4) is 0 Å². The highest BCUT2D eigenvalue weighted by atomic mass is 19.1. The van der Waals surface area contributed by atoms with E-state index in [-0.39, 0.29) is 0 Å². The molecule has 28 heavy (non-hydrogen) atoms. The van der Waals surface area contributed by atoms with Crippen molar-refractivity contribution in [2.75, 3.05) is 67.5 Å². The summed E-state index contributed by atoms with van der Waals surface area (Å²) >= 11 is 0. The summed E-state index contributed by atoms with van der Waals surface area (Å²) in [5.41, 5.74) is -2.28. The largest absolute Gasteiger partial charge is 0.306 e. The second-order valence-electron chi connectivity index (χ2n) is 10.5. The molecule has 6 heteroatoms. The van der Waals surface area contributed by atoms with Crippen LogP contribution in [-0.4, -0.2) is 110 Å². The van der Waals surface area contributed by atoms with Crippen LogP contribution in [0.2, 0.25) is 0 Å². The van der Waals surface area contributed by atoms with E-state index < -0.39 is 11.3 Å². The van der Waals surface area contributed by atoms with Crippen LogP contribution in [0.1, 0.15) is 46.5 Å². The number of halogens is 2. The predicted molar refractivity (Wildman–Crippen MR) is 114 cm³/mol. The molecule has 0 saturated carbocycles. The molecular formula is C22H44F2N4. The fraction of sp³-hybridized carbons (Fsp3) is 1.00. The van der Waals surface area contributed by atoms with Crippen LogP contribution >= 0.6 is 0 Å². The summed E-state index contributed by atoms with van der Waals surface area (Å²) in [5.74, 6) is 0.320. The summed E-state index contributed by atoms with van der Waals surface area (Å²) in [6, 6.07) is 0.641. The first-order valence-electron chi connectivity index (χ1n) is 11.1. The highest BCUT2D eigenvalue weighted by Gasteiger charge is 2.43. The normalized spacial score (nSPS) is 34.5. The number of rotatable bonds is 8. The molecular weight excluding hydrogens is 358 g/mol. The molecule has 0 aromatic heterocycles. The summed E-state index contributed by atoms with van der Waals surface area (Å²) in [5, 5.41) is 0. The Morgan fingerprint density at radius 1 is 0.929 bits per heavy atom. The lowest BCUT2D eigenvalue weighted by Gasteiger charge is -2.47. The van der Waals surface area contributed by atoms with Gasteiger partial charge in [-0.15, -0.1) is 0 Å². The topological polar surface area (TPSA) is 13.0 Å². The van der Waals surface area contributed by atoms with Crippen molar-refractivity contribution < 1.29 is 8.78 Å². The Balaban J connectivity index is 2.01. The molecule has 0 radical (unpaired) electrons. The molecule has 2 aliphatic rings. The average molecular weight is 403 g/mol. The minimum absolute atomic E-state index is 0.290. The van der Waals surface area contributed by atoms with Gasteiger partial charge >= 0.3 is 0 Å². The maximum absolute atomic E-state index is 15.7. The van der Waals surface area contributed by atoms with Gasteiger partial charge in [0.25, 0.3) is 0 Å². The van der Waals surface area contributed by atoms with Crippen LogP contribution in [0.3, 0.4) is 0 Å². The SMILES string of the molecule is CC(C)N1CC(CC(C)N2CCC[C@@](F)(CN(C)C)C2)CC(F)(CN(C)C)C1. The van der Waals surface area contributed by atoms with E-state index in [2.05, 4.69) is 30.6 Å². The third kappa shape index (κ3) is 6.89. The molecule has 0 N–H and O–H groups in total. The second-order valence-corrected chi connectivity index (χ2v) is 10.5. The zero-order valence-electron chi connectivity index (χ0n) is 19.3. The van der Waals surface area contributed by atoms with Crippen molar-refractivity contribution in [2.45, 2.75) is 69.9 Å². The van der Waals surface area contributed by atoms with Gasteiger partial charge in [-0.2, -0.15) is 0 Å². The Labute approximate surface area is 172 Å². The third-order valence-corrected chi connectivity index (χ3v) is 6.42. The van der Waals surface area contributed by atoms with Crippen LogP contribution in [0.5, 0.6) is 0 Å². The van der Waals surface area contributed by atoms with Gasteiger partial charge in [0.15, 0.2) is 0 Å². The van der Waals surface area contributed by atoms with E-state index in [4.69, 9.17) is 0 Å². The van der Waals surface area contributed by atoms with Gasteiger partial charge in [-0.25, -0.2) is 8.78 Å². The molecule has 4 nitrogen and oxygen atoms in total. The zero-order valence-corrected chi connectivity index (χ0v) is 19.3. The fourth-order valence-electron chi connectivity index (χ4n) is 5.46. The standard InChI is InChI=1S/C22H44F2N4/c1-18(2)28-13-20(12-22(24,17-28)15-26(6)7)11-19(3)27-10-8-9-21(23,16-27)14-25(4)5/h18-20H,8-17H2,1-7H3/t19?,20?,21-,22?/m1/s1. The molecule has 2 saturated heterocycles. The Morgan fingerprint density at radius 2 is 1.50 bits per heavy atom. The van der Waals surface area contributed by atoms with E-state index in [1.807, 2.05) is 38.0 Å². The molecule has 0 aliphatic carbocycles. The van der Waals surface area contributed by atoms with E-state index in [1.54, 1.807) is 0 Å². The van der Waals surface area contributed by atoms with Crippen molar-refractivity contribution in [1.29, 1.82) is 0 Å². The third-order valence-electron chi connectivity index (χ3n) is 6.42. The van der Waals surface area contributed by atoms with Crippen LogP contribution < -0.4 is 0 Å². The summed E-state index contributed by atoms with van der Waals surface area (Å²) in [4.78, 5) is 8.53. The van der Waals surface area contributed by atoms with Crippen LogP contribution in [0.25, 0.3) is 0 Å². The maximum Gasteiger partial charge on any atom is 0.136 e. The number of piperidine rings is 2. The van der Waals surface area contributed by atoms with Gasteiger partial charge in [-0.05, 0) is 87.1 Å². The summed E-state index contributed by atoms with van der Waals surface area (Å²) in [6.45, 7) is 10.4. The minimum Gasteiger partial charge on any atom is -0.306 e. The van der Waals surface area contributed by atoms with E-state index in [1.165, 1.54) is 0 Å². The Bertz CT molecular complexity index is 487. The first-order valence-corrected chi connectivity index (χ1v) is 11.1. The van der Waals surface area contributed by atoms with E-state index in [9.17, 15) is 0 Å². The molecule has 2 rings (SSSR count). The lowest BCUT2D eigenvalue weighted by atomic mass is 9.81. The Hall–Kier alpha value is -0.300. The van der Waals surface area contributed by atoms with Gasteiger partial charge in [0.1, 0.15) is 11.3 Å². The summed E-state index contributed by atoms with van der Waals surface area (Å²) < 4.78 is 31.0. The predicted octanol–water partition coefficient (Wildman–Crippen LogP) is 3.13. The number of likely N-dealkylation sites (tertiary alicyclic amines) is 2. The van der Waals surface area contributed by atoms with Gasteiger partial charge in [0, 0.05) is 44.8 Å². The van der Waals surface area contributed by atoms with E-state index in [0.29, 0.717) is 57.0 Å². The molecule has 0 bridgehead atoms. The van der Waals surface area contributed by atoms with Gasteiger partial charge in [0.2, 0.25) is 0 Å². The van der Waals surface area contributed by atoms with Crippen LogP contribution in [-0.2, 0) is 0 Å². The van der Waals surface area contributed by atoms with Gasteiger partial charge < -0.3 is 9.80 Å². The van der Waals surface area contributed by atoms with Crippen molar-refractivity contribution in [1.82, 2.24) is 19.6 Å². The minimum atomic E-state index is -1.16. The second kappa shape index (κ2) is 9.67. The lowest BCUT2D eigenvalue weighted by Crippen LogP contribution is -2.57. The first-order chi connectivity index (χ1) is 12.9. The van der Waals surface area contributed by atoms with Crippen LogP contribution in [0.15, 0.2) is 0 Å². The summed E-state index contributed by atoms with van der Waals surface area (Å²) in [6.07, 6.45) is 3.12. The van der Waals surface area contributed by atoms with Crippen molar-refractivity contribution >= 4 is 0 Å². The average Bonchev–Trinajstić information content (AvgIpc) is 2.51. The highest BCUT2D eigenvalue weighted by molar-refractivity contribution is 4.96. The Kier molecular flexibility index (Phi) is 8.28. The molecule has 0 aromatic rings. The van der Waals surface area contributed by atoms with Crippen molar-refractivity contribution in [3.05, 3.63) is 0 Å². The fourth-order valence-corrected chi connectivity index (χ4v) is 5.46. The molecule has 3 unspecified atom stereocenters. The van der Waals surface area contributed by atoms with Crippen molar-refractivity contribution in [3.63, 3.8) is 0 Å². The first kappa shape index (κ1) is 24.0. The maximum atomic E-state index is 15.7. The highest BCUT2D eigenvalue weighted by Crippen LogP contribution is 2.35. The molecule has 0 amide bonds. The molecule has 2 heterocycles. The molecule has 0 aromatic carbocycles. The monoisotopic (exact) mass is 402 g/mol. The molecule has 2 fully saturated rings. The molecule has 0 spiro atoms. The molecule has 2 aliphatic heterocycles. The number of hydrogen-bond acceptors (Lipinski definition) is 4. The van der Waals surface area contributed by atoms with Gasteiger partial charge in [-0.1, -0.05) is 0 Å². The summed E-state index contributed by atoms with van der Waals surface area (Å²) in [7, 11) is 7.79. The van der Waals surface area contributed by atoms with Gasteiger partial charge in [-0.3, -0.25) is 9.80 Å². The Morgan fingerprint density at radius 3 is 2.07 bits per heavy atom. The van der Waals surface area contributed by atoms with Crippen LogP contribution in [0.4, 0.5) is 8.78 Å². The molecule has 4 atom stereocenters. The van der Waals surface area contributed by atoms with Crippen LogP contribution in [0, 0.1) is 5.92 Å². The number of nitrogens with zero attached hydrogens (tertiary/aromatic N) is 4. The zero-order chi connectivity index (χ0) is 21.1. The van der Waals surface area contributed by atoms with E-state index in [0.717, 1.165) is 25.9 Å². The smallest absolute Gasteiger partial charge is 0.136 e. The lowest BCUT2D eigenvalue weighted by molar-refractivity contribution is -0.0315. The molecule has 166 valence electrons.